The Morgan fingerprint density at radius 3 is 2.35 bits per heavy atom. The number of rotatable bonds is 11. The highest BCUT2D eigenvalue weighted by Gasteiger charge is 2.25. The summed E-state index contributed by atoms with van der Waals surface area (Å²) < 4.78 is 35.3. The van der Waals surface area contributed by atoms with Crippen molar-refractivity contribution >= 4 is 40.3 Å². The molecule has 1 saturated carbocycles. The first-order valence-corrected chi connectivity index (χ1v) is 13.0. The number of hydrogen-bond donors (Lipinski definition) is 4. The van der Waals surface area contributed by atoms with Gasteiger partial charge in [0.05, 0.1) is 5.56 Å². The Kier molecular flexibility index (Phi) is 9.76. The van der Waals surface area contributed by atoms with Gasteiger partial charge in [-0.15, -0.1) is 11.3 Å². The second-order valence-corrected chi connectivity index (χ2v) is 10.4. The summed E-state index contributed by atoms with van der Waals surface area (Å²) in [6.07, 6.45) is 7.28. The summed E-state index contributed by atoms with van der Waals surface area (Å²) in [7, 11) is 0. The van der Waals surface area contributed by atoms with Crippen LogP contribution in [0.2, 0.25) is 0 Å². The average molecular weight is 535 g/mol. The van der Waals surface area contributed by atoms with Gasteiger partial charge in [-0.05, 0) is 61.8 Å². The van der Waals surface area contributed by atoms with Gasteiger partial charge in [-0.2, -0.15) is 0 Å². The number of urea groups is 1. The van der Waals surface area contributed by atoms with E-state index in [4.69, 9.17) is 16.2 Å². The van der Waals surface area contributed by atoms with Gasteiger partial charge in [0, 0.05) is 17.0 Å². The number of nitrogens with one attached hydrogen (secondary N) is 2. The largest absolute Gasteiger partial charge is 0.461 e. The third-order valence-corrected chi connectivity index (χ3v) is 7.04. The van der Waals surface area contributed by atoms with Gasteiger partial charge in [0.1, 0.15) is 28.8 Å². The Balaban J connectivity index is 1.70. The summed E-state index contributed by atoms with van der Waals surface area (Å²) in [6, 6.07) is 2.18. The molecule has 6 N–H and O–H groups in total. The Morgan fingerprint density at radius 1 is 1.14 bits per heavy atom. The smallest absolute Gasteiger partial charge is 0.323 e. The number of hydrogen-bond acceptors (Lipinski definition) is 6. The van der Waals surface area contributed by atoms with Crippen molar-refractivity contribution in [2.75, 3.05) is 11.9 Å². The zero-order valence-corrected chi connectivity index (χ0v) is 21.6. The number of ether oxygens (including phenoxy) is 1. The quantitative estimate of drug-likeness (QED) is 0.307. The van der Waals surface area contributed by atoms with Crippen molar-refractivity contribution in [2.24, 2.45) is 17.4 Å². The van der Waals surface area contributed by atoms with Crippen LogP contribution in [0.1, 0.15) is 61.9 Å². The van der Waals surface area contributed by atoms with Gasteiger partial charge in [-0.1, -0.05) is 26.0 Å². The fourth-order valence-corrected chi connectivity index (χ4v) is 5.23. The molecule has 0 unspecified atom stereocenters. The van der Waals surface area contributed by atoms with E-state index < -0.39 is 29.6 Å². The fourth-order valence-electron chi connectivity index (χ4n) is 4.18. The van der Waals surface area contributed by atoms with E-state index in [1.165, 1.54) is 12.1 Å². The molecule has 37 heavy (non-hydrogen) atoms. The number of carbonyl (C=O) groups excluding carboxylic acids is 3. The van der Waals surface area contributed by atoms with Crippen LogP contribution >= 0.6 is 11.3 Å². The summed E-state index contributed by atoms with van der Waals surface area (Å²) in [6.45, 7) is 4.23. The number of amides is 3. The van der Waals surface area contributed by atoms with E-state index in [1.54, 1.807) is 6.08 Å². The highest BCUT2D eigenvalue weighted by Crippen LogP contribution is 2.36. The van der Waals surface area contributed by atoms with Gasteiger partial charge in [-0.3, -0.25) is 14.9 Å². The second-order valence-electron chi connectivity index (χ2n) is 9.40. The summed E-state index contributed by atoms with van der Waals surface area (Å²) in [5.41, 5.74) is 10.3. The third kappa shape index (κ3) is 7.83. The normalized spacial score (nSPS) is 14.8. The molecule has 1 aliphatic carbocycles. The minimum Gasteiger partial charge on any atom is -0.461 e. The van der Waals surface area contributed by atoms with E-state index in [-0.39, 0.29) is 46.2 Å². The van der Waals surface area contributed by atoms with Crippen molar-refractivity contribution in [2.45, 2.75) is 58.1 Å². The summed E-state index contributed by atoms with van der Waals surface area (Å²) in [5.74, 6) is -2.49. The number of esters is 1. The van der Waals surface area contributed by atoms with Gasteiger partial charge in [0.25, 0.3) is 5.91 Å². The predicted molar refractivity (Wildman–Crippen MR) is 140 cm³/mol. The number of nitrogens with two attached hydrogens (primary N) is 2. The van der Waals surface area contributed by atoms with Crippen molar-refractivity contribution in [3.05, 3.63) is 47.0 Å². The highest BCUT2D eigenvalue weighted by atomic mass is 32.1. The molecule has 0 saturated heterocycles. The topological polar surface area (TPSA) is 137 Å². The van der Waals surface area contributed by atoms with E-state index in [9.17, 15) is 23.2 Å². The molecular weight excluding hydrogens is 502 g/mol. The molecule has 1 aromatic heterocycles. The first kappa shape index (κ1) is 28.3. The summed E-state index contributed by atoms with van der Waals surface area (Å²) in [5, 5.41) is 5.49. The van der Waals surface area contributed by atoms with E-state index in [1.807, 2.05) is 13.8 Å². The minimum absolute atomic E-state index is 0.0166. The highest BCUT2D eigenvalue weighted by molar-refractivity contribution is 7.20. The lowest BCUT2D eigenvalue weighted by Crippen LogP contribution is -2.40. The van der Waals surface area contributed by atoms with Crippen LogP contribution in [0.15, 0.2) is 24.3 Å². The third-order valence-electron chi connectivity index (χ3n) is 5.94. The van der Waals surface area contributed by atoms with Crippen molar-refractivity contribution in [3.63, 3.8) is 0 Å². The van der Waals surface area contributed by atoms with Crippen LogP contribution in [0, 0.1) is 17.6 Å². The number of benzene rings is 1. The number of carbonyl (C=O) groups is 3. The van der Waals surface area contributed by atoms with Crippen molar-refractivity contribution in [1.29, 1.82) is 0 Å². The van der Waals surface area contributed by atoms with Gasteiger partial charge < -0.3 is 21.5 Å². The Labute approximate surface area is 218 Å². The van der Waals surface area contributed by atoms with E-state index in [0.29, 0.717) is 11.3 Å². The molecule has 11 heteroatoms. The van der Waals surface area contributed by atoms with Crippen LogP contribution in [0.4, 0.5) is 18.6 Å². The number of halogens is 2. The second kappa shape index (κ2) is 12.8. The van der Waals surface area contributed by atoms with E-state index in [2.05, 4.69) is 10.6 Å². The zero-order valence-electron chi connectivity index (χ0n) is 20.8. The molecule has 0 radical (unpaired) electrons. The number of primary amides is 2. The molecule has 0 spiro atoms. The van der Waals surface area contributed by atoms with Gasteiger partial charge in [-0.25, -0.2) is 13.6 Å². The van der Waals surface area contributed by atoms with Crippen molar-refractivity contribution in [1.82, 2.24) is 5.32 Å². The maximum Gasteiger partial charge on any atom is 0.323 e. The average Bonchev–Trinajstić information content (AvgIpc) is 3.46. The molecule has 1 aliphatic rings. The maximum atomic E-state index is 14.8. The molecule has 2 aromatic rings. The van der Waals surface area contributed by atoms with Crippen molar-refractivity contribution < 1.29 is 27.9 Å². The molecule has 0 aliphatic heterocycles. The molecule has 1 aromatic carbocycles. The standard InChI is InChI=1S/C26H32F2N4O4S/c1-14(2)10-21(25(34)36-16-6-3-4-7-16)31-9-5-8-17-19(27)11-15(12-20(17)28)22-13-18(23(29)33)24(37-22)32-26(30)35/h5,8,11-14,16,21,31H,3-4,6-7,9-10H2,1-2H3,(H2,29,33)(H3,30,32,35)/b8-5+/t21-/m1/s1. The Morgan fingerprint density at radius 2 is 1.78 bits per heavy atom. The van der Waals surface area contributed by atoms with Crippen molar-refractivity contribution in [3.8, 4) is 10.4 Å². The lowest BCUT2D eigenvalue weighted by molar-refractivity contribution is -0.151. The molecule has 1 atom stereocenters. The molecule has 3 amide bonds. The predicted octanol–water partition coefficient (Wildman–Crippen LogP) is 4.79. The molecule has 1 fully saturated rings. The van der Waals surface area contributed by atoms with Crippen LogP contribution in [0.5, 0.6) is 0 Å². The number of thiophene rings is 1. The van der Waals surface area contributed by atoms with Gasteiger partial charge in [0.15, 0.2) is 0 Å². The minimum atomic E-state index is -0.898. The zero-order chi connectivity index (χ0) is 27.1. The van der Waals surface area contributed by atoms with E-state index in [0.717, 1.165) is 49.2 Å². The SMILES string of the molecule is CC(C)C[C@@H](NC/C=C/c1c(F)cc(-c2cc(C(N)=O)c(NC(N)=O)s2)cc1F)C(=O)OC1CCCC1. The molecule has 0 bridgehead atoms. The Bertz CT molecular complexity index is 1150. The van der Waals surface area contributed by atoms with Gasteiger partial charge in [0.2, 0.25) is 0 Å². The lowest BCUT2D eigenvalue weighted by atomic mass is 10.0. The first-order chi connectivity index (χ1) is 17.5. The Hall–Kier alpha value is -3.31. The van der Waals surface area contributed by atoms with Gasteiger partial charge >= 0.3 is 12.0 Å². The monoisotopic (exact) mass is 534 g/mol. The van der Waals surface area contributed by atoms with Crippen LogP contribution in [0.3, 0.4) is 0 Å². The fraction of sp³-hybridized carbons (Fsp3) is 0.423. The van der Waals surface area contributed by atoms with Crippen LogP contribution in [-0.2, 0) is 9.53 Å². The van der Waals surface area contributed by atoms with Crippen LogP contribution in [-0.4, -0.2) is 36.6 Å². The maximum absolute atomic E-state index is 14.8. The van der Waals surface area contributed by atoms with Crippen LogP contribution < -0.4 is 22.1 Å². The summed E-state index contributed by atoms with van der Waals surface area (Å²) in [4.78, 5) is 35.8. The molecule has 8 nitrogen and oxygen atoms in total. The molecular formula is C26H32F2N4O4S. The first-order valence-electron chi connectivity index (χ1n) is 12.1. The molecule has 1 heterocycles. The summed E-state index contributed by atoms with van der Waals surface area (Å²) >= 11 is 0.918. The number of anilines is 1. The molecule has 200 valence electrons. The molecule has 3 rings (SSSR count). The van der Waals surface area contributed by atoms with Crippen LogP contribution in [0.25, 0.3) is 16.5 Å². The van der Waals surface area contributed by atoms with E-state index >= 15 is 0 Å². The lowest BCUT2D eigenvalue weighted by Gasteiger charge is -2.21.